The molecular weight excluding hydrogens is 1720 g/mol. The van der Waals surface area contributed by atoms with Crippen LogP contribution in [0.4, 0.5) is 0 Å². The summed E-state index contributed by atoms with van der Waals surface area (Å²) in [5, 5.41) is 20.8. The van der Waals surface area contributed by atoms with Crippen molar-refractivity contribution in [2.24, 2.45) is 0 Å². The molecule has 0 aromatic carbocycles. The highest BCUT2D eigenvalue weighted by molar-refractivity contribution is 7.47. The average Bonchev–Trinajstić information content (AvgIpc) is 0.891. The monoisotopic (exact) mass is 1920 g/mol. The number of phosphoric acid groups is 2. The Morgan fingerprint density at radius 3 is 0.622 bits per heavy atom. The summed E-state index contributed by atoms with van der Waals surface area (Å²) in [4.78, 5) is 59.4. The van der Waals surface area contributed by atoms with Crippen molar-refractivity contribution in [1.29, 1.82) is 0 Å². The lowest BCUT2D eigenvalue weighted by Gasteiger charge is -2.21. The maximum Gasteiger partial charge on any atom is 0.472 e. The molecule has 4 N–H and O–H groups in total. The number of aliphatic hydroxyl groups is 2. The first-order chi connectivity index (χ1) is 66.2. The number of allylic oxidation sites excluding steroid dienone is 32. The van der Waals surface area contributed by atoms with E-state index in [1.807, 2.05) is 0 Å². The first kappa shape index (κ1) is 129. The van der Waals surface area contributed by atoms with Crippen molar-refractivity contribution in [3.05, 3.63) is 194 Å². The van der Waals surface area contributed by atoms with Crippen LogP contribution >= 0.6 is 15.6 Å². The molecule has 0 amide bonds. The molecule has 0 radical (unpaired) electrons. The van der Waals surface area contributed by atoms with Crippen molar-refractivity contribution in [3.8, 4) is 0 Å². The Bertz CT molecular complexity index is 3240. The van der Waals surface area contributed by atoms with E-state index < -0.39 is 91.5 Å². The molecule has 5 unspecified atom stereocenters. The fourth-order valence-corrected chi connectivity index (χ4v) is 16.7. The molecule has 0 rings (SSSR count). The molecule has 0 saturated carbocycles. The summed E-state index contributed by atoms with van der Waals surface area (Å²) in [5.74, 6) is -1.56. The molecule has 0 aliphatic carbocycles. The van der Waals surface area contributed by atoms with Crippen LogP contribution in [0.25, 0.3) is 0 Å². The van der Waals surface area contributed by atoms with Crippen LogP contribution in [0.2, 0.25) is 0 Å². The molecule has 0 aliphatic rings. The molecule has 0 aromatic rings. The van der Waals surface area contributed by atoms with Crippen LogP contribution in [0, 0.1) is 0 Å². The minimum Gasteiger partial charge on any atom is -0.463 e. The summed E-state index contributed by atoms with van der Waals surface area (Å²) in [6.07, 6.45) is 145. The highest BCUT2D eigenvalue weighted by atomic mass is 31.2. The molecule has 0 spiro atoms. The molecule has 16 nitrogen and oxygen atoms in total. The van der Waals surface area contributed by atoms with Gasteiger partial charge in [-0.05, 0) is 167 Å². The predicted molar refractivity (Wildman–Crippen MR) is 574 cm³/mol. The lowest BCUT2D eigenvalue weighted by atomic mass is 10.0. The van der Waals surface area contributed by atoms with Gasteiger partial charge in [-0.25, -0.2) is 9.13 Å². The minimum atomic E-state index is -4.95. The van der Waals surface area contributed by atoms with E-state index in [4.69, 9.17) is 32.3 Å². The van der Waals surface area contributed by atoms with Crippen LogP contribution in [-0.4, -0.2) is 95.9 Å². The van der Waals surface area contributed by atoms with Gasteiger partial charge in [-0.1, -0.05) is 478 Å². The topological polar surface area (TPSA) is 231 Å². The van der Waals surface area contributed by atoms with Crippen LogP contribution in [-0.2, 0) is 55.8 Å². The van der Waals surface area contributed by atoms with Gasteiger partial charge in [-0.3, -0.25) is 32.5 Å². The number of phosphoric ester groups is 2. The summed E-state index contributed by atoms with van der Waals surface area (Å²) >= 11 is 0. The molecule has 774 valence electrons. The highest BCUT2D eigenvalue weighted by Gasteiger charge is 2.30. The summed E-state index contributed by atoms with van der Waals surface area (Å²) < 4.78 is 61.8. The van der Waals surface area contributed by atoms with E-state index in [2.05, 4.69) is 215 Å². The summed E-state index contributed by atoms with van der Waals surface area (Å²) in [5.41, 5.74) is 0. The molecule has 0 aromatic heterocycles. The number of ether oxygens (including phenoxy) is 3. The number of unbranched alkanes of at least 4 members (excludes halogenated alkanes) is 48. The van der Waals surface area contributed by atoms with Gasteiger partial charge in [0.25, 0.3) is 0 Å². The smallest absolute Gasteiger partial charge is 0.463 e. The minimum absolute atomic E-state index is 0.103. The number of aliphatic hydroxyl groups excluding tert-OH is 2. The van der Waals surface area contributed by atoms with Crippen LogP contribution in [0.3, 0.4) is 0 Å². The van der Waals surface area contributed by atoms with Crippen molar-refractivity contribution in [2.45, 2.75) is 489 Å². The fraction of sp³-hybridized carbons (Fsp3) is 0.701. The quantitative estimate of drug-likeness (QED) is 0.0146. The number of rotatable bonds is 103. The van der Waals surface area contributed by atoms with E-state index in [0.29, 0.717) is 19.3 Å². The lowest BCUT2D eigenvalue weighted by Crippen LogP contribution is -2.30. The van der Waals surface area contributed by atoms with Crippen molar-refractivity contribution in [3.63, 3.8) is 0 Å². The van der Waals surface area contributed by atoms with Crippen molar-refractivity contribution >= 4 is 33.6 Å². The molecular formula is C117H200O16P2. The van der Waals surface area contributed by atoms with E-state index in [9.17, 15) is 43.5 Å². The standard InChI is InChI=1S/C117H200O16P2/c1-4-7-10-13-16-19-22-25-28-31-34-37-40-43-46-49-52-55-58-61-64-67-70-73-76-79-82-85-88-91-94-97-100-103-115(120)127-106-112(118)107-129-134(123,124)130-108-113(119)109-131-135(125,126)132-111-114(133-117(122)105-102-99-96-93-90-87-84-81-78-75-72-69-66-63-60-57-54-51-48-45-42-39-36-33-30-27-24-21-18-15-12-9-6-3)110-128-116(121)104-101-98-95-92-89-86-83-80-77-74-71-68-65-62-59-56-53-50-47-44-41-38-35-32-29-26-23-20-17-14-11-8-5-2/h7-8,10-11,16-21,25-30,34-39,43-48,52-53,55-56,112-114,118-119H,4-6,9,12-15,22-24,31-33,40-42,49-51,54,57-111H2,1-3H3,(H,123,124)(H,125,126)/b10-7-,11-8-,19-16-,20-17-,21-18-,28-25-,29-26-,30-27-,37-34-,38-35-,39-36-,46-43-,47-44-,48-45-,55-52-,56-53-. The van der Waals surface area contributed by atoms with Gasteiger partial charge in [0, 0.05) is 19.3 Å². The Labute approximate surface area is 827 Å². The van der Waals surface area contributed by atoms with E-state index in [1.165, 1.54) is 238 Å². The third-order valence-electron chi connectivity index (χ3n) is 23.3. The first-order valence-corrected chi connectivity index (χ1v) is 57.7. The maximum atomic E-state index is 13.2. The van der Waals surface area contributed by atoms with Crippen LogP contribution in [0.15, 0.2) is 194 Å². The molecule has 5 atom stereocenters. The summed E-state index contributed by atoms with van der Waals surface area (Å²) in [6, 6.07) is 0. The Kier molecular flexibility index (Phi) is 103. The van der Waals surface area contributed by atoms with Gasteiger partial charge in [-0.15, -0.1) is 0 Å². The molecule has 0 bridgehead atoms. The summed E-state index contributed by atoms with van der Waals surface area (Å²) in [7, 11) is -9.82. The van der Waals surface area contributed by atoms with Gasteiger partial charge < -0.3 is 34.2 Å². The third kappa shape index (κ3) is 109. The molecule has 0 aliphatic heterocycles. The average molecular weight is 1920 g/mol. The Balaban J connectivity index is 4.63. The maximum absolute atomic E-state index is 13.2. The zero-order valence-electron chi connectivity index (χ0n) is 86.0. The lowest BCUT2D eigenvalue weighted by molar-refractivity contribution is -0.161. The Morgan fingerprint density at radius 1 is 0.215 bits per heavy atom. The number of carbonyl (C=O) groups excluding carboxylic acids is 3. The normalized spacial score (nSPS) is 14.3. The second kappa shape index (κ2) is 107. The van der Waals surface area contributed by atoms with E-state index >= 15 is 0 Å². The first-order valence-electron chi connectivity index (χ1n) is 54.7. The number of carbonyl (C=O) groups is 3. The molecule has 18 heteroatoms. The van der Waals surface area contributed by atoms with Crippen molar-refractivity contribution in [2.75, 3.05) is 39.6 Å². The predicted octanol–water partition coefficient (Wildman–Crippen LogP) is 35.2. The van der Waals surface area contributed by atoms with E-state index in [-0.39, 0.29) is 19.3 Å². The second-order valence-electron chi connectivity index (χ2n) is 36.4. The van der Waals surface area contributed by atoms with Crippen LogP contribution in [0.5, 0.6) is 0 Å². The zero-order valence-corrected chi connectivity index (χ0v) is 87.8. The second-order valence-corrected chi connectivity index (χ2v) is 39.3. The number of esters is 3. The molecule has 135 heavy (non-hydrogen) atoms. The van der Waals surface area contributed by atoms with Gasteiger partial charge in [0.2, 0.25) is 0 Å². The van der Waals surface area contributed by atoms with Crippen molar-refractivity contribution in [1.82, 2.24) is 0 Å². The van der Waals surface area contributed by atoms with Gasteiger partial charge in [0.05, 0.1) is 26.4 Å². The molecule has 0 saturated heterocycles. The fourth-order valence-electron chi connectivity index (χ4n) is 15.1. The molecule has 0 heterocycles. The van der Waals surface area contributed by atoms with Gasteiger partial charge in [0.1, 0.15) is 25.4 Å². The van der Waals surface area contributed by atoms with Gasteiger partial charge in [-0.2, -0.15) is 0 Å². The number of hydrogen-bond donors (Lipinski definition) is 4. The SMILES string of the molecule is CC/C=C\C/C=C\C/C=C\C/C=C\C/C=C\C/C=C\CCCCCCCCCCCCCCCCC(=O)OCC(O)COP(=O)(O)OCC(O)COP(=O)(O)OCC(COC(=O)CCCCCCCCCCCCCCCC/C=C\C/C=C\C/C=C\C/C=C\C/C=C\C/C=C\CC)OC(=O)CCCCCCCCCCCCCCCCCCC/C=C\C/C=C\C/C=C\C/C=C\CCCCC. The highest BCUT2D eigenvalue weighted by Crippen LogP contribution is 2.45. The van der Waals surface area contributed by atoms with Crippen molar-refractivity contribution < 1.29 is 75.8 Å². The zero-order chi connectivity index (χ0) is 97.8. The molecule has 0 fully saturated rings. The van der Waals surface area contributed by atoms with Crippen LogP contribution in [0.1, 0.15) is 470 Å². The Hall–Kier alpha value is -5.61. The van der Waals surface area contributed by atoms with E-state index in [1.54, 1.807) is 0 Å². The largest absolute Gasteiger partial charge is 0.472 e. The number of hydrogen-bond acceptors (Lipinski definition) is 14. The van der Waals surface area contributed by atoms with Crippen LogP contribution < -0.4 is 0 Å². The van der Waals surface area contributed by atoms with Gasteiger partial charge in [0.15, 0.2) is 6.10 Å². The van der Waals surface area contributed by atoms with Gasteiger partial charge >= 0.3 is 33.6 Å². The Morgan fingerprint density at radius 2 is 0.393 bits per heavy atom. The third-order valence-corrected chi connectivity index (χ3v) is 25.2. The van der Waals surface area contributed by atoms with E-state index in [0.717, 1.165) is 173 Å². The summed E-state index contributed by atoms with van der Waals surface area (Å²) in [6.45, 7) is 2.51.